The second-order valence-electron chi connectivity index (χ2n) is 5.44. The molecule has 1 aliphatic rings. The number of methoxy groups -OCH3 is 1. The maximum atomic E-state index is 12.5. The van der Waals surface area contributed by atoms with Crippen LogP contribution in [-0.4, -0.2) is 31.3 Å². The monoisotopic (exact) mass is 357 g/mol. The molecule has 1 unspecified atom stereocenters. The minimum atomic E-state index is -0.342. The molecule has 0 radical (unpaired) electrons. The SMILES string of the molecule is CCOC(=O)c1ccc(C2SCC(=O)N2c2ccccc2OC)cc1. The van der Waals surface area contributed by atoms with Gasteiger partial charge < -0.3 is 9.47 Å². The van der Waals surface area contributed by atoms with E-state index in [1.54, 1.807) is 42.8 Å². The van der Waals surface area contributed by atoms with Crippen LogP contribution < -0.4 is 9.64 Å². The van der Waals surface area contributed by atoms with Crippen molar-refractivity contribution >= 4 is 29.3 Å². The van der Waals surface area contributed by atoms with E-state index in [0.29, 0.717) is 23.7 Å². The molecule has 5 nitrogen and oxygen atoms in total. The lowest BCUT2D eigenvalue weighted by atomic mass is 10.1. The first-order valence-corrected chi connectivity index (χ1v) is 9.04. The molecule has 130 valence electrons. The summed E-state index contributed by atoms with van der Waals surface area (Å²) in [6, 6.07) is 14.7. The molecule has 1 fully saturated rings. The zero-order chi connectivity index (χ0) is 17.8. The number of hydrogen-bond acceptors (Lipinski definition) is 5. The van der Waals surface area contributed by atoms with E-state index in [4.69, 9.17) is 9.47 Å². The lowest BCUT2D eigenvalue weighted by Crippen LogP contribution is -2.28. The van der Waals surface area contributed by atoms with Crippen LogP contribution in [0.5, 0.6) is 5.75 Å². The average Bonchev–Trinajstić information content (AvgIpc) is 3.03. The number of amides is 1. The lowest BCUT2D eigenvalue weighted by molar-refractivity contribution is -0.115. The van der Waals surface area contributed by atoms with Gasteiger partial charge >= 0.3 is 5.97 Å². The Balaban J connectivity index is 1.90. The topological polar surface area (TPSA) is 55.8 Å². The Bertz CT molecular complexity index is 775. The number of anilines is 1. The van der Waals surface area contributed by atoms with Crippen molar-refractivity contribution in [1.82, 2.24) is 0 Å². The molecule has 6 heteroatoms. The summed E-state index contributed by atoms with van der Waals surface area (Å²) in [4.78, 5) is 26.0. The van der Waals surface area contributed by atoms with Crippen molar-refractivity contribution in [2.24, 2.45) is 0 Å². The number of ether oxygens (including phenoxy) is 2. The van der Waals surface area contributed by atoms with Crippen molar-refractivity contribution < 1.29 is 19.1 Å². The number of rotatable bonds is 5. The van der Waals surface area contributed by atoms with Crippen LogP contribution in [-0.2, 0) is 9.53 Å². The van der Waals surface area contributed by atoms with Gasteiger partial charge in [-0.25, -0.2) is 4.79 Å². The summed E-state index contributed by atoms with van der Waals surface area (Å²) in [5, 5.41) is -0.153. The maximum Gasteiger partial charge on any atom is 0.338 e. The first-order chi connectivity index (χ1) is 12.2. The average molecular weight is 357 g/mol. The third kappa shape index (κ3) is 3.49. The molecular weight excluding hydrogens is 338 g/mol. The third-order valence-electron chi connectivity index (χ3n) is 3.92. The van der Waals surface area contributed by atoms with Crippen molar-refractivity contribution in [3.05, 3.63) is 59.7 Å². The van der Waals surface area contributed by atoms with E-state index in [-0.39, 0.29) is 17.3 Å². The molecule has 0 aromatic heterocycles. The van der Waals surface area contributed by atoms with Gasteiger partial charge in [-0.15, -0.1) is 11.8 Å². The third-order valence-corrected chi connectivity index (χ3v) is 5.13. The molecule has 2 aromatic rings. The van der Waals surface area contributed by atoms with E-state index in [9.17, 15) is 9.59 Å². The Hall–Kier alpha value is -2.47. The van der Waals surface area contributed by atoms with Gasteiger partial charge in [0.05, 0.1) is 30.7 Å². The van der Waals surface area contributed by atoms with Gasteiger partial charge in [-0.3, -0.25) is 9.69 Å². The minimum Gasteiger partial charge on any atom is -0.495 e. The second-order valence-corrected chi connectivity index (χ2v) is 6.51. The number of para-hydroxylation sites is 2. The molecule has 1 saturated heterocycles. The van der Waals surface area contributed by atoms with Crippen molar-refractivity contribution in [3.8, 4) is 5.75 Å². The highest BCUT2D eigenvalue weighted by Crippen LogP contribution is 2.44. The van der Waals surface area contributed by atoms with Gasteiger partial charge in [0.1, 0.15) is 11.1 Å². The van der Waals surface area contributed by atoms with Crippen molar-refractivity contribution in [1.29, 1.82) is 0 Å². The number of esters is 1. The summed E-state index contributed by atoms with van der Waals surface area (Å²) in [6.07, 6.45) is 0. The van der Waals surface area contributed by atoms with Gasteiger partial charge in [0.15, 0.2) is 0 Å². The van der Waals surface area contributed by atoms with Gasteiger partial charge in [-0.2, -0.15) is 0 Å². The molecule has 0 N–H and O–H groups in total. The Labute approximate surface area is 150 Å². The number of carbonyl (C=O) groups excluding carboxylic acids is 2. The van der Waals surface area contributed by atoms with Gasteiger partial charge in [-0.05, 0) is 36.8 Å². The van der Waals surface area contributed by atoms with Gasteiger partial charge in [-0.1, -0.05) is 24.3 Å². The fraction of sp³-hybridized carbons (Fsp3) is 0.263. The van der Waals surface area contributed by atoms with E-state index in [0.717, 1.165) is 11.3 Å². The van der Waals surface area contributed by atoms with Crippen LogP contribution in [0, 0.1) is 0 Å². The van der Waals surface area contributed by atoms with E-state index < -0.39 is 0 Å². The number of thioether (sulfide) groups is 1. The van der Waals surface area contributed by atoms with Crippen molar-refractivity contribution in [3.63, 3.8) is 0 Å². The molecule has 0 spiro atoms. The number of hydrogen-bond donors (Lipinski definition) is 0. The fourth-order valence-electron chi connectivity index (χ4n) is 2.76. The molecule has 0 saturated carbocycles. The number of nitrogens with zero attached hydrogens (tertiary/aromatic N) is 1. The largest absolute Gasteiger partial charge is 0.495 e. The van der Waals surface area contributed by atoms with Gasteiger partial charge in [0, 0.05) is 0 Å². The first kappa shape index (κ1) is 17.4. The van der Waals surface area contributed by atoms with Crippen LogP contribution in [0.2, 0.25) is 0 Å². The van der Waals surface area contributed by atoms with Crippen LogP contribution in [0.1, 0.15) is 28.2 Å². The second kappa shape index (κ2) is 7.61. The number of benzene rings is 2. The maximum absolute atomic E-state index is 12.5. The molecule has 25 heavy (non-hydrogen) atoms. The molecule has 1 heterocycles. The summed E-state index contributed by atoms with van der Waals surface area (Å²) in [5.74, 6) is 0.758. The smallest absolute Gasteiger partial charge is 0.338 e. The summed E-state index contributed by atoms with van der Waals surface area (Å²) < 4.78 is 10.4. The molecule has 1 amide bonds. The minimum absolute atomic E-state index is 0.0361. The summed E-state index contributed by atoms with van der Waals surface area (Å²) in [7, 11) is 1.59. The highest BCUT2D eigenvalue weighted by molar-refractivity contribution is 8.00. The highest BCUT2D eigenvalue weighted by atomic mass is 32.2. The summed E-state index contributed by atoms with van der Waals surface area (Å²) >= 11 is 1.55. The van der Waals surface area contributed by atoms with Gasteiger partial charge in [0.2, 0.25) is 5.91 Å². The quantitative estimate of drug-likeness (QED) is 0.765. The zero-order valence-electron chi connectivity index (χ0n) is 14.1. The normalized spacial score (nSPS) is 16.8. The van der Waals surface area contributed by atoms with E-state index in [1.807, 2.05) is 36.4 Å². The fourth-order valence-corrected chi connectivity index (χ4v) is 3.93. The molecule has 0 aliphatic carbocycles. The van der Waals surface area contributed by atoms with Crippen LogP contribution in [0.25, 0.3) is 0 Å². The van der Waals surface area contributed by atoms with Crippen molar-refractivity contribution in [2.75, 3.05) is 24.4 Å². The zero-order valence-corrected chi connectivity index (χ0v) is 14.9. The van der Waals surface area contributed by atoms with Crippen LogP contribution in [0.3, 0.4) is 0 Å². The van der Waals surface area contributed by atoms with Crippen LogP contribution >= 0.6 is 11.8 Å². The van der Waals surface area contributed by atoms with Crippen LogP contribution in [0.4, 0.5) is 5.69 Å². The predicted octanol–water partition coefficient (Wildman–Crippen LogP) is 3.65. The Morgan fingerprint density at radius 2 is 1.92 bits per heavy atom. The van der Waals surface area contributed by atoms with Gasteiger partial charge in [0.25, 0.3) is 0 Å². The molecule has 3 rings (SSSR count). The molecular formula is C19H19NO4S. The van der Waals surface area contributed by atoms with Crippen LogP contribution in [0.15, 0.2) is 48.5 Å². The highest BCUT2D eigenvalue weighted by Gasteiger charge is 2.35. The van der Waals surface area contributed by atoms with E-state index >= 15 is 0 Å². The van der Waals surface area contributed by atoms with E-state index in [1.165, 1.54) is 0 Å². The summed E-state index contributed by atoms with van der Waals surface area (Å²) in [5.41, 5.74) is 2.21. The summed E-state index contributed by atoms with van der Waals surface area (Å²) in [6.45, 7) is 2.12. The van der Waals surface area contributed by atoms with Crippen molar-refractivity contribution in [2.45, 2.75) is 12.3 Å². The Morgan fingerprint density at radius 3 is 2.60 bits per heavy atom. The number of carbonyl (C=O) groups is 2. The molecule has 2 aromatic carbocycles. The first-order valence-electron chi connectivity index (χ1n) is 7.99. The lowest BCUT2D eigenvalue weighted by Gasteiger charge is -2.26. The molecule has 1 atom stereocenters. The molecule has 1 aliphatic heterocycles. The Morgan fingerprint density at radius 1 is 1.20 bits per heavy atom. The standard InChI is InChI=1S/C19H19NO4S/c1-3-24-19(22)14-10-8-13(9-11-14)18-20(17(21)12-25-18)15-6-4-5-7-16(15)23-2/h4-11,18H,3,12H2,1-2H3. The molecule has 0 bridgehead atoms. The van der Waals surface area contributed by atoms with E-state index in [2.05, 4.69) is 0 Å². The predicted molar refractivity (Wildman–Crippen MR) is 98.1 cm³/mol. The Kier molecular flexibility index (Phi) is 5.28.